The van der Waals surface area contributed by atoms with Crippen LogP contribution in [0.25, 0.3) is 0 Å². The Bertz CT molecular complexity index is 389. The van der Waals surface area contributed by atoms with E-state index in [4.69, 9.17) is 4.42 Å². The first-order chi connectivity index (χ1) is 6.75. The molecule has 0 amide bonds. The van der Waals surface area contributed by atoms with Gasteiger partial charge in [-0.15, -0.1) is 0 Å². The average molecular weight is 190 g/mol. The van der Waals surface area contributed by atoms with Gasteiger partial charge in [-0.25, -0.2) is 0 Å². The molecular formula is C11H14N2O. The van der Waals surface area contributed by atoms with Gasteiger partial charge in [-0.3, -0.25) is 4.68 Å². The fraction of sp³-hybridized carbons (Fsp3) is 0.273. The normalized spacial score (nSPS) is 12.7. The zero-order valence-corrected chi connectivity index (χ0v) is 8.40. The van der Waals surface area contributed by atoms with Crippen LogP contribution in [0.3, 0.4) is 0 Å². The molecule has 0 saturated heterocycles. The smallest absolute Gasteiger partial charge is 0.127 e. The van der Waals surface area contributed by atoms with Gasteiger partial charge in [0, 0.05) is 12.4 Å². The SMILES string of the molecule is Cc1ccc(C(C)Nn2cccc2)o1. The van der Waals surface area contributed by atoms with Crippen LogP contribution in [-0.2, 0) is 0 Å². The van der Waals surface area contributed by atoms with E-state index in [2.05, 4.69) is 12.3 Å². The van der Waals surface area contributed by atoms with Gasteiger partial charge in [0.25, 0.3) is 0 Å². The lowest BCUT2D eigenvalue weighted by molar-refractivity contribution is 0.456. The van der Waals surface area contributed by atoms with E-state index >= 15 is 0 Å². The first-order valence-corrected chi connectivity index (χ1v) is 4.71. The van der Waals surface area contributed by atoms with Crippen molar-refractivity contribution in [2.75, 3.05) is 5.43 Å². The quantitative estimate of drug-likeness (QED) is 0.806. The van der Waals surface area contributed by atoms with E-state index in [1.54, 1.807) is 0 Å². The van der Waals surface area contributed by atoms with Crippen molar-refractivity contribution >= 4 is 0 Å². The molecule has 3 nitrogen and oxygen atoms in total. The van der Waals surface area contributed by atoms with Gasteiger partial charge in [-0.2, -0.15) is 0 Å². The molecule has 2 aromatic heterocycles. The molecule has 1 atom stereocenters. The molecule has 0 spiro atoms. The van der Waals surface area contributed by atoms with E-state index in [0.29, 0.717) is 0 Å². The van der Waals surface area contributed by atoms with Crippen LogP contribution in [0.5, 0.6) is 0 Å². The molecule has 0 aliphatic heterocycles. The van der Waals surface area contributed by atoms with Crippen LogP contribution in [0.15, 0.2) is 41.1 Å². The molecule has 0 fully saturated rings. The molecule has 0 aromatic carbocycles. The third-order valence-electron chi connectivity index (χ3n) is 2.14. The lowest BCUT2D eigenvalue weighted by atomic mass is 10.3. The lowest BCUT2D eigenvalue weighted by Gasteiger charge is -2.13. The summed E-state index contributed by atoms with van der Waals surface area (Å²) in [6.07, 6.45) is 3.93. The Morgan fingerprint density at radius 3 is 2.57 bits per heavy atom. The van der Waals surface area contributed by atoms with Gasteiger partial charge in [0.05, 0.1) is 6.04 Å². The second-order valence-electron chi connectivity index (χ2n) is 3.39. The molecule has 2 heterocycles. The number of aromatic nitrogens is 1. The van der Waals surface area contributed by atoms with E-state index in [1.165, 1.54) is 0 Å². The molecule has 0 aliphatic rings. The molecule has 1 unspecified atom stereocenters. The fourth-order valence-electron chi connectivity index (χ4n) is 1.39. The topological polar surface area (TPSA) is 30.1 Å². The highest BCUT2D eigenvalue weighted by Crippen LogP contribution is 2.16. The minimum atomic E-state index is 0.177. The van der Waals surface area contributed by atoms with Crippen LogP contribution >= 0.6 is 0 Å². The summed E-state index contributed by atoms with van der Waals surface area (Å²) in [5.41, 5.74) is 3.27. The summed E-state index contributed by atoms with van der Waals surface area (Å²) in [6, 6.07) is 8.11. The Hall–Kier alpha value is -1.64. The Morgan fingerprint density at radius 2 is 2.00 bits per heavy atom. The molecule has 0 saturated carbocycles. The Labute approximate surface area is 83.3 Å². The van der Waals surface area contributed by atoms with Crippen molar-refractivity contribution in [3.05, 3.63) is 48.2 Å². The zero-order valence-electron chi connectivity index (χ0n) is 8.40. The molecule has 0 aliphatic carbocycles. The summed E-state index contributed by atoms with van der Waals surface area (Å²) in [6.45, 7) is 4.02. The minimum absolute atomic E-state index is 0.177. The summed E-state index contributed by atoms with van der Waals surface area (Å²) < 4.78 is 7.44. The third-order valence-corrected chi connectivity index (χ3v) is 2.14. The third kappa shape index (κ3) is 1.82. The van der Waals surface area contributed by atoms with Crippen LogP contribution in [-0.4, -0.2) is 4.68 Å². The number of hydrogen-bond donors (Lipinski definition) is 1. The van der Waals surface area contributed by atoms with Gasteiger partial charge in [0.15, 0.2) is 0 Å². The highest BCUT2D eigenvalue weighted by atomic mass is 16.3. The van der Waals surface area contributed by atoms with Crippen LogP contribution in [0, 0.1) is 6.92 Å². The number of rotatable bonds is 3. The Balaban J connectivity index is 2.06. The Morgan fingerprint density at radius 1 is 1.29 bits per heavy atom. The molecule has 1 N–H and O–H groups in total. The number of hydrogen-bond acceptors (Lipinski definition) is 2. The summed E-state index contributed by atoms with van der Waals surface area (Å²) >= 11 is 0. The maximum Gasteiger partial charge on any atom is 0.127 e. The predicted molar refractivity (Wildman–Crippen MR) is 55.7 cm³/mol. The van der Waals surface area contributed by atoms with E-state index in [1.807, 2.05) is 48.3 Å². The highest BCUT2D eigenvalue weighted by molar-refractivity contribution is 5.11. The summed E-state index contributed by atoms with van der Waals surface area (Å²) in [4.78, 5) is 0. The van der Waals surface area contributed by atoms with Crippen molar-refractivity contribution in [3.63, 3.8) is 0 Å². The van der Waals surface area contributed by atoms with Crippen LogP contribution in [0.4, 0.5) is 0 Å². The van der Waals surface area contributed by atoms with Gasteiger partial charge >= 0.3 is 0 Å². The minimum Gasteiger partial charge on any atom is -0.464 e. The molecule has 14 heavy (non-hydrogen) atoms. The monoisotopic (exact) mass is 190 g/mol. The molecule has 0 radical (unpaired) electrons. The van der Waals surface area contributed by atoms with Crippen molar-refractivity contribution in [2.45, 2.75) is 19.9 Å². The number of aryl methyl sites for hydroxylation is 1. The summed E-state index contributed by atoms with van der Waals surface area (Å²) in [5, 5.41) is 0. The second-order valence-corrected chi connectivity index (χ2v) is 3.39. The first kappa shape index (κ1) is 8.94. The largest absolute Gasteiger partial charge is 0.464 e. The molecule has 2 aromatic rings. The van der Waals surface area contributed by atoms with Crippen molar-refractivity contribution in [1.29, 1.82) is 0 Å². The van der Waals surface area contributed by atoms with Gasteiger partial charge in [-0.1, -0.05) is 0 Å². The van der Waals surface area contributed by atoms with Gasteiger partial charge in [-0.05, 0) is 38.1 Å². The van der Waals surface area contributed by atoms with Crippen LogP contribution < -0.4 is 5.43 Å². The zero-order chi connectivity index (χ0) is 9.97. The molecule has 0 bridgehead atoms. The maximum atomic E-state index is 5.52. The van der Waals surface area contributed by atoms with E-state index in [-0.39, 0.29) is 6.04 Å². The van der Waals surface area contributed by atoms with Crippen molar-refractivity contribution in [2.24, 2.45) is 0 Å². The highest BCUT2D eigenvalue weighted by Gasteiger charge is 2.08. The summed E-state index contributed by atoms with van der Waals surface area (Å²) in [7, 11) is 0. The van der Waals surface area contributed by atoms with E-state index in [0.717, 1.165) is 11.5 Å². The molecular weight excluding hydrogens is 176 g/mol. The van der Waals surface area contributed by atoms with Crippen molar-refractivity contribution < 1.29 is 4.42 Å². The van der Waals surface area contributed by atoms with Gasteiger partial charge < -0.3 is 9.84 Å². The number of nitrogens with one attached hydrogen (secondary N) is 1. The van der Waals surface area contributed by atoms with Crippen LogP contribution in [0.1, 0.15) is 24.5 Å². The maximum absolute atomic E-state index is 5.52. The Kier molecular flexibility index (Phi) is 2.31. The van der Waals surface area contributed by atoms with Gasteiger partial charge in [0.2, 0.25) is 0 Å². The van der Waals surface area contributed by atoms with Crippen molar-refractivity contribution in [1.82, 2.24) is 4.68 Å². The first-order valence-electron chi connectivity index (χ1n) is 4.71. The van der Waals surface area contributed by atoms with Gasteiger partial charge in [0.1, 0.15) is 11.5 Å². The molecule has 2 rings (SSSR count). The number of nitrogens with zero attached hydrogens (tertiary/aromatic N) is 1. The predicted octanol–water partition coefficient (Wildman–Crippen LogP) is 2.69. The van der Waals surface area contributed by atoms with Crippen LogP contribution in [0.2, 0.25) is 0 Å². The number of furan rings is 1. The second kappa shape index (κ2) is 3.62. The summed E-state index contributed by atoms with van der Waals surface area (Å²) in [5.74, 6) is 1.90. The molecule has 74 valence electrons. The van der Waals surface area contributed by atoms with Crippen molar-refractivity contribution in [3.8, 4) is 0 Å². The lowest BCUT2D eigenvalue weighted by Crippen LogP contribution is -2.16. The average Bonchev–Trinajstić information content (AvgIpc) is 2.75. The van der Waals surface area contributed by atoms with E-state index in [9.17, 15) is 0 Å². The molecule has 3 heteroatoms. The van der Waals surface area contributed by atoms with E-state index < -0.39 is 0 Å². The fourth-order valence-corrected chi connectivity index (χ4v) is 1.39. The standard InChI is InChI=1S/C11H14N2O/c1-9-5-6-11(14-9)10(2)12-13-7-3-4-8-13/h3-8,10,12H,1-2H3.